The second-order valence-corrected chi connectivity index (χ2v) is 9.16. The van der Waals surface area contributed by atoms with E-state index in [-0.39, 0.29) is 28.5 Å². The number of rotatable bonds is 6. The molecule has 0 bridgehead atoms. The molecule has 30 heavy (non-hydrogen) atoms. The van der Waals surface area contributed by atoms with Crippen molar-refractivity contribution in [3.8, 4) is 5.75 Å². The number of alkyl halides is 3. The first-order valence-corrected chi connectivity index (χ1v) is 11.2. The molecule has 0 atom stereocenters. The SMILES string of the molecule is Cc1cc(OC(F)(F)F)ccc1S(=O)(=O)Nc1ccsc1CC(=O)N1CCOCC1. The van der Waals surface area contributed by atoms with Crippen molar-refractivity contribution >= 4 is 33.0 Å². The summed E-state index contributed by atoms with van der Waals surface area (Å²) >= 11 is 1.24. The lowest BCUT2D eigenvalue weighted by molar-refractivity contribution is -0.274. The van der Waals surface area contributed by atoms with E-state index in [0.29, 0.717) is 31.2 Å². The molecule has 1 saturated heterocycles. The number of carbonyl (C=O) groups is 1. The van der Waals surface area contributed by atoms with E-state index in [1.165, 1.54) is 18.3 Å². The number of aryl methyl sites for hydroxylation is 1. The predicted octanol–water partition coefficient (Wildman–Crippen LogP) is 3.16. The van der Waals surface area contributed by atoms with Crippen LogP contribution in [0, 0.1) is 6.92 Å². The molecule has 1 aliphatic heterocycles. The van der Waals surface area contributed by atoms with Gasteiger partial charge in [0.05, 0.1) is 30.2 Å². The van der Waals surface area contributed by atoms with Gasteiger partial charge in [0.1, 0.15) is 5.75 Å². The Morgan fingerprint density at radius 2 is 1.97 bits per heavy atom. The molecule has 3 rings (SSSR count). The first-order valence-electron chi connectivity index (χ1n) is 8.86. The molecular formula is C18H19F3N2O5S2. The largest absolute Gasteiger partial charge is 0.573 e. The Hall–Kier alpha value is -2.31. The fraction of sp³-hybridized carbons (Fsp3) is 0.389. The Morgan fingerprint density at radius 1 is 1.27 bits per heavy atom. The quantitative estimate of drug-likeness (QED) is 0.710. The van der Waals surface area contributed by atoms with Gasteiger partial charge >= 0.3 is 6.36 Å². The molecule has 12 heteroatoms. The molecule has 1 aromatic carbocycles. The average molecular weight is 464 g/mol. The molecule has 7 nitrogen and oxygen atoms in total. The number of amides is 1. The predicted molar refractivity (Wildman–Crippen MR) is 104 cm³/mol. The van der Waals surface area contributed by atoms with Gasteiger partial charge in [-0.2, -0.15) is 0 Å². The number of hydrogen-bond donors (Lipinski definition) is 1. The number of thiophene rings is 1. The van der Waals surface area contributed by atoms with E-state index >= 15 is 0 Å². The van der Waals surface area contributed by atoms with Crippen LogP contribution in [0.2, 0.25) is 0 Å². The smallest absolute Gasteiger partial charge is 0.406 e. The van der Waals surface area contributed by atoms with Crippen LogP contribution in [0.25, 0.3) is 0 Å². The van der Waals surface area contributed by atoms with Crippen LogP contribution in [0.4, 0.5) is 18.9 Å². The van der Waals surface area contributed by atoms with Gasteiger partial charge in [0, 0.05) is 18.0 Å². The summed E-state index contributed by atoms with van der Waals surface area (Å²) in [6.45, 7) is 3.26. The lowest BCUT2D eigenvalue weighted by atomic mass is 10.2. The van der Waals surface area contributed by atoms with Gasteiger partial charge in [-0.3, -0.25) is 9.52 Å². The molecule has 1 fully saturated rings. The lowest BCUT2D eigenvalue weighted by Crippen LogP contribution is -2.41. The highest BCUT2D eigenvalue weighted by Gasteiger charge is 2.31. The van der Waals surface area contributed by atoms with Gasteiger partial charge in [0.25, 0.3) is 10.0 Å². The summed E-state index contributed by atoms with van der Waals surface area (Å²) in [7, 11) is -4.08. The zero-order valence-corrected chi connectivity index (χ0v) is 17.5. The number of ether oxygens (including phenoxy) is 2. The fourth-order valence-electron chi connectivity index (χ4n) is 2.95. The summed E-state index contributed by atoms with van der Waals surface area (Å²) in [6.07, 6.45) is -4.84. The Kier molecular flexibility index (Phi) is 6.58. The highest BCUT2D eigenvalue weighted by Crippen LogP contribution is 2.30. The maximum Gasteiger partial charge on any atom is 0.573 e. The van der Waals surface area contributed by atoms with Crippen LogP contribution in [-0.2, 0) is 26.0 Å². The van der Waals surface area contributed by atoms with Crippen LogP contribution in [0.5, 0.6) is 5.75 Å². The van der Waals surface area contributed by atoms with Crippen LogP contribution in [-0.4, -0.2) is 51.9 Å². The van der Waals surface area contributed by atoms with Crippen LogP contribution in [0.1, 0.15) is 10.4 Å². The number of benzene rings is 1. The summed E-state index contributed by atoms with van der Waals surface area (Å²) < 4.78 is 74.1. The monoisotopic (exact) mass is 464 g/mol. The molecular weight excluding hydrogens is 445 g/mol. The van der Waals surface area contributed by atoms with E-state index < -0.39 is 22.1 Å². The second kappa shape index (κ2) is 8.82. The summed E-state index contributed by atoms with van der Waals surface area (Å²) in [6, 6.07) is 4.52. The lowest BCUT2D eigenvalue weighted by Gasteiger charge is -2.26. The Morgan fingerprint density at radius 3 is 2.60 bits per heavy atom. The number of nitrogens with zero attached hydrogens (tertiary/aromatic N) is 1. The molecule has 0 spiro atoms. The van der Waals surface area contributed by atoms with E-state index in [2.05, 4.69) is 9.46 Å². The average Bonchev–Trinajstić information content (AvgIpc) is 3.06. The van der Waals surface area contributed by atoms with Gasteiger partial charge in [-0.1, -0.05) is 0 Å². The molecule has 0 saturated carbocycles. The molecule has 1 aromatic heterocycles. The van der Waals surface area contributed by atoms with Crippen LogP contribution in [0.15, 0.2) is 34.5 Å². The van der Waals surface area contributed by atoms with E-state index in [0.717, 1.165) is 18.2 Å². The van der Waals surface area contributed by atoms with Gasteiger partial charge in [-0.15, -0.1) is 24.5 Å². The van der Waals surface area contributed by atoms with Crippen molar-refractivity contribution in [1.29, 1.82) is 0 Å². The Balaban J connectivity index is 1.75. The standard InChI is InChI=1S/C18H19F3N2O5S2/c1-12-10-13(28-18(19,20)21)2-3-16(12)30(25,26)22-14-4-9-29-15(14)11-17(24)23-5-7-27-8-6-23/h2-4,9-10,22H,5-8,11H2,1H3. The highest BCUT2D eigenvalue weighted by molar-refractivity contribution is 7.92. The van der Waals surface area contributed by atoms with Crippen molar-refractivity contribution in [2.75, 3.05) is 31.0 Å². The number of anilines is 1. The third-order valence-electron chi connectivity index (χ3n) is 4.33. The van der Waals surface area contributed by atoms with Gasteiger partial charge in [-0.05, 0) is 42.1 Å². The van der Waals surface area contributed by atoms with E-state index in [1.807, 2.05) is 0 Å². The van der Waals surface area contributed by atoms with Crippen molar-refractivity contribution in [2.24, 2.45) is 0 Å². The van der Waals surface area contributed by atoms with E-state index in [4.69, 9.17) is 4.74 Å². The Bertz CT molecular complexity index is 1020. The normalized spacial score (nSPS) is 15.1. The molecule has 1 aliphatic rings. The number of morpholine rings is 1. The number of halogens is 3. The second-order valence-electron chi connectivity index (χ2n) is 6.51. The van der Waals surface area contributed by atoms with E-state index in [9.17, 15) is 26.4 Å². The molecule has 0 unspecified atom stereocenters. The van der Waals surface area contributed by atoms with Crippen molar-refractivity contribution in [3.63, 3.8) is 0 Å². The molecule has 1 N–H and O–H groups in total. The molecule has 164 valence electrons. The number of sulfonamides is 1. The van der Waals surface area contributed by atoms with Gasteiger partial charge < -0.3 is 14.4 Å². The summed E-state index contributed by atoms with van der Waals surface area (Å²) in [5.74, 6) is -0.641. The minimum absolute atomic E-state index is 0.0346. The number of nitrogens with one attached hydrogen (secondary N) is 1. The van der Waals surface area contributed by atoms with Crippen LogP contribution < -0.4 is 9.46 Å². The first kappa shape index (κ1) is 22.4. The zero-order chi connectivity index (χ0) is 21.9. The zero-order valence-electron chi connectivity index (χ0n) is 15.9. The van der Waals surface area contributed by atoms with Crippen molar-refractivity contribution in [2.45, 2.75) is 24.6 Å². The summed E-state index contributed by atoms with van der Waals surface area (Å²) in [5.41, 5.74) is 0.349. The third-order valence-corrected chi connectivity index (χ3v) is 6.78. The third kappa shape index (κ3) is 5.64. The topological polar surface area (TPSA) is 84.9 Å². The molecule has 1 amide bonds. The molecule has 0 radical (unpaired) electrons. The fourth-order valence-corrected chi connectivity index (χ4v) is 5.16. The minimum atomic E-state index is -4.87. The Labute approximate surface area is 175 Å². The summed E-state index contributed by atoms with van der Waals surface area (Å²) in [5, 5.41) is 1.66. The van der Waals surface area contributed by atoms with Crippen molar-refractivity contribution in [3.05, 3.63) is 40.1 Å². The van der Waals surface area contributed by atoms with Crippen molar-refractivity contribution in [1.82, 2.24) is 4.90 Å². The minimum Gasteiger partial charge on any atom is -0.406 e. The maximum atomic E-state index is 12.8. The van der Waals surface area contributed by atoms with Crippen LogP contribution >= 0.6 is 11.3 Å². The highest BCUT2D eigenvalue weighted by atomic mass is 32.2. The molecule has 2 aromatic rings. The van der Waals surface area contributed by atoms with Crippen LogP contribution in [0.3, 0.4) is 0 Å². The van der Waals surface area contributed by atoms with Gasteiger partial charge in [-0.25, -0.2) is 8.42 Å². The van der Waals surface area contributed by atoms with Crippen molar-refractivity contribution < 1.29 is 35.9 Å². The number of hydrogen-bond acceptors (Lipinski definition) is 6. The van der Waals surface area contributed by atoms with E-state index in [1.54, 1.807) is 16.3 Å². The first-order chi connectivity index (χ1) is 14.0. The van der Waals surface area contributed by atoms with Gasteiger partial charge in [0.2, 0.25) is 5.91 Å². The summed E-state index contributed by atoms with van der Waals surface area (Å²) in [4.78, 5) is 14.5. The molecule has 2 heterocycles. The van der Waals surface area contributed by atoms with Gasteiger partial charge in [0.15, 0.2) is 0 Å². The maximum absolute atomic E-state index is 12.8. The number of carbonyl (C=O) groups excluding carboxylic acids is 1. The molecule has 0 aliphatic carbocycles.